The molecule has 0 fully saturated rings. The molecule has 0 saturated carbocycles. The molecular formula is C16H23NO5S. The number of ether oxygens (including phenoxy) is 1. The van der Waals surface area contributed by atoms with Crippen molar-refractivity contribution in [1.29, 1.82) is 0 Å². The molecular weight excluding hydrogens is 318 g/mol. The van der Waals surface area contributed by atoms with Gasteiger partial charge < -0.3 is 10.1 Å². The summed E-state index contributed by atoms with van der Waals surface area (Å²) in [5.41, 5.74) is 0.262. The third kappa shape index (κ3) is 5.67. The maximum absolute atomic E-state index is 12.2. The van der Waals surface area contributed by atoms with E-state index in [0.717, 1.165) is 6.26 Å². The Kier molecular flexibility index (Phi) is 5.58. The highest BCUT2D eigenvalue weighted by Gasteiger charge is 2.24. The fourth-order valence-electron chi connectivity index (χ4n) is 1.80. The standard InChI is InChI=1S/C16H23NO5S/c1-10-7-8-12(23(6,20)21)9-13(10)15(19)22-11(2)14(18)17-16(3,4)5/h7-9,11H,1-6H3,(H,17,18). The summed E-state index contributed by atoms with van der Waals surface area (Å²) in [5, 5.41) is 2.71. The zero-order chi connectivity index (χ0) is 18.0. The van der Waals surface area contributed by atoms with E-state index in [-0.39, 0.29) is 10.5 Å². The van der Waals surface area contributed by atoms with Gasteiger partial charge in [0.05, 0.1) is 10.5 Å². The molecule has 0 bridgehead atoms. The lowest BCUT2D eigenvalue weighted by atomic mass is 10.1. The van der Waals surface area contributed by atoms with Crippen LogP contribution in [-0.2, 0) is 19.4 Å². The Morgan fingerprint density at radius 3 is 2.26 bits per heavy atom. The molecule has 0 aliphatic heterocycles. The molecule has 0 aliphatic rings. The number of sulfone groups is 1. The second-order valence-corrected chi connectivity index (χ2v) is 8.55. The van der Waals surface area contributed by atoms with Gasteiger partial charge in [0.1, 0.15) is 0 Å². The van der Waals surface area contributed by atoms with Crippen LogP contribution in [0.3, 0.4) is 0 Å². The van der Waals surface area contributed by atoms with Crippen LogP contribution in [0.5, 0.6) is 0 Å². The van der Waals surface area contributed by atoms with Gasteiger partial charge in [-0.2, -0.15) is 0 Å². The van der Waals surface area contributed by atoms with Gasteiger partial charge in [-0.05, 0) is 52.3 Å². The second kappa shape index (κ2) is 6.70. The average Bonchev–Trinajstić information content (AvgIpc) is 2.35. The van der Waals surface area contributed by atoms with Crippen molar-refractivity contribution >= 4 is 21.7 Å². The molecule has 1 aromatic carbocycles. The van der Waals surface area contributed by atoms with Gasteiger partial charge in [0.2, 0.25) is 0 Å². The lowest BCUT2D eigenvalue weighted by Gasteiger charge is -2.23. The molecule has 0 heterocycles. The van der Waals surface area contributed by atoms with Gasteiger partial charge in [-0.25, -0.2) is 13.2 Å². The number of hydrogen-bond donors (Lipinski definition) is 1. The van der Waals surface area contributed by atoms with Crippen molar-refractivity contribution in [3.8, 4) is 0 Å². The van der Waals surface area contributed by atoms with Crippen molar-refractivity contribution in [2.24, 2.45) is 0 Å². The molecule has 1 rings (SSSR count). The van der Waals surface area contributed by atoms with Crippen LogP contribution < -0.4 is 5.32 Å². The van der Waals surface area contributed by atoms with Gasteiger partial charge >= 0.3 is 5.97 Å². The van der Waals surface area contributed by atoms with Crippen LogP contribution in [0.4, 0.5) is 0 Å². The third-order valence-corrected chi connectivity index (χ3v) is 4.12. The van der Waals surface area contributed by atoms with Gasteiger partial charge in [-0.1, -0.05) is 6.07 Å². The van der Waals surface area contributed by atoms with E-state index in [0.29, 0.717) is 5.56 Å². The Morgan fingerprint density at radius 1 is 1.22 bits per heavy atom. The smallest absolute Gasteiger partial charge is 0.339 e. The zero-order valence-electron chi connectivity index (χ0n) is 14.3. The molecule has 0 spiro atoms. The molecule has 7 heteroatoms. The fourth-order valence-corrected chi connectivity index (χ4v) is 2.45. The molecule has 1 atom stereocenters. The molecule has 6 nitrogen and oxygen atoms in total. The van der Waals surface area contributed by atoms with Crippen LogP contribution >= 0.6 is 0 Å². The van der Waals surface area contributed by atoms with Gasteiger partial charge in [0, 0.05) is 11.8 Å². The minimum absolute atomic E-state index is 0.0295. The van der Waals surface area contributed by atoms with Crippen molar-refractivity contribution in [2.75, 3.05) is 6.26 Å². The largest absolute Gasteiger partial charge is 0.449 e. The summed E-state index contributed by atoms with van der Waals surface area (Å²) in [5.74, 6) is -1.15. The zero-order valence-corrected chi connectivity index (χ0v) is 15.1. The lowest BCUT2D eigenvalue weighted by Crippen LogP contribution is -2.46. The van der Waals surface area contributed by atoms with E-state index in [1.807, 2.05) is 20.8 Å². The van der Waals surface area contributed by atoms with Crippen molar-refractivity contribution < 1.29 is 22.7 Å². The number of carbonyl (C=O) groups excluding carboxylic acids is 2. The van der Waals surface area contributed by atoms with E-state index in [4.69, 9.17) is 4.74 Å². The molecule has 23 heavy (non-hydrogen) atoms. The van der Waals surface area contributed by atoms with Gasteiger partial charge in [-0.3, -0.25) is 4.79 Å². The summed E-state index contributed by atoms with van der Waals surface area (Å²) in [6.45, 7) is 8.59. The molecule has 1 amide bonds. The quantitative estimate of drug-likeness (QED) is 0.844. The van der Waals surface area contributed by atoms with Crippen LogP contribution in [0.25, 0.3) is 0 Å². The number of benzene rings is 1. The number of amides is 1. The molecule has 128 valence electrons. The molecule has 0 aromatic heterocycles. The van der Waals surface area contributed by atoms with Gasteiger partial charge in [-0.15, -0.1) is 0 Å². The van der Waals surface area contributed by atoms with Crippen molar-refractivity contribution in [3.05, 3.63) is 29.3 Å². The first-order chi connectivity index (χ1) is 10.3. The molecule has 0 radical (unpaired) electrons. The highest BCUT2D eigenvalue weighted by molar-refractivity contribution is 7.90. The maximum atomic E-state index is 12.2. The SMILES string of the molecule is Cc1ccc(S(C)(=O)=O)cc1C(=O)OC(C)C(=O)NC(C)(C)C. The third-order valence-electron chi connectivity index (χ3n) is 3.01. The van der Waals surface area contributed by atoms with Gasteiger partial charge in [0.25, 0.3) is 5.91 Å². The fraction of sp³-hybridized carbons (Fsp3) is 0.500. The Hall–Kier alpha value is -1.89. The number of esters is 1. The highest BCUT2D eigenvalue weighted by atomic mass is 32.2. The van der Waals surface area contributed by atoms with E-state index < -0.39 is 33.4 Å². The van der Waals surface area contributed by atoms with Gasteiger partial charge in [0.15, 0.2) is 15.9 Å². The van der Waals surface area contributed by atoms with Crippen molar-refractivity contribution in [3.63, 3.8) is 0 Å². The monoisotopic (exact) mass is 341 g/mol. The summed E-state index contributed by atoms with van der Waals surface area (Å²) in [4.78, 5) is 24.2. The second-order valence-electron chi connectivity index (χ2n) is 6.54. The molecule has 0 aliphatic carbocycles. The first kappa shape index (κ1) is 19.2. The minimum Gasteiger partial charge on any atom is -0.449 e. The molecule has 1 aromatic rings. The maximum Gasteiger partial charge on any atom is 0.339 e. The topological polar surface area (TPSA) is 89.5 Å². The summed E-state index contributed by atoms with van der Waals surface area (Å²) in [7, 11) is -3.43. The van der Waals surface area contributed by atoms with Crippen LogP contribution in [0.2, 0.25) is 0 Å². The van der Waals surface area contributed by atoms with E-state index >= 15 is 0 Å². The number of rotatable bonds is 4. The summed E-state index contributed by atoms with van der Waals surface area (Å²) < 4.78 is 28.3. The average molecular weight is 341 g/mol. The van der Waals surface area contributed by atoms with Crippen molar-refractivity contribution in [2.45, 2.75) is 51.2 Å². The molecule has 0 saturated heterocycles. The number of carbonyl (C=O) groups is 2. The minimum atomic E-state index is -3.43. The Bertz CT molecular complexity index is 716. The number of aryl methyl sites for hydroxylation is 1. The number of nitrogens with one attached hydrogen (secondary N) is 1. The normalized spacial score (nSPS) is 13.3. The molecule has 1 unspecified atom stereocenters. The Balaban J connectivity index is 2.96. The predicted molar refractivity (Wildman–Crippen MR) is 87.1 cm³/mol. The molecule has 1 N–H and O–H groups in total. The first-order valence-corrected chi connectivity index (χ1v) is 9.04. The number of hydrogen-bond acceptors (Lipinski definition) is 5. The van der Waals surface area contributed by atoms with Crippen LogP contribution in [0.1, 0.15) is 43.6 Å². The lowest BCUT2D eigenvalue weighted by molar-refractivity contribution is -0.130. The van der Waals surface area contributed by atoms with E-state index in [1.54, 1.807) is 6.92 Å². The van der Waals surface area contributed by atoms with Crippen molar-refractivity contribution in [1.82, 2.24) is 5.32 Å². The van der Waals surface area contributed by atoms with E-state index in [9.17, 15) is 18.0 Å². The summed E-state index contributed by atoms with van der Waals surface area (Å²) >= 11 is 0. The van der Waals surface area contributed by atoms with E-state index in [1.165, 1.54) is 25.1 Å². The first-order valence-electron chi connectivity index (χ1n) is 7.15. The summed E-state index contributed by atoms with van der Waals surface area (Å²) in [6, 6.07) is 4.23. The summed E-state index contributed by atoms with van der Waals surface area (Å²) in [6.07, 6.45) is 0.0784. The predicted octanol–water partition coefficient (Wildman–Crippen LogP) is 1.86. The Morgan fingerprint density at radius 2 is 1.78 bits per heavy atom. The van der Waals surface area contributed by atoms with Crippen LogP contribution in [0.15, 0.2) is 23.1 Å². The van der Waals surface area contributed by atoms with E-state index in [2.05, 4.69) is 5.32 Å². The van der Waals surface area contributed by atoms with Crippen LogP contribution in [-0.4, -0.2) is 38.2 Å². The van der Waals surface area contributed by atoms with Crippen LogP contribution in [0, 0.1) is 6.92 Å². The highest BCUT2D eigenvalue weighted by Crippen LogP contribution is 2.17. The Labute approximate surface area is 137 Å².